The van der Waals surface area contributed by atoms with Gasteiger partial charge in [0.15, 0.2) is 0 Å². The summed E-state index contributed by atoms with van der Waals surface area (Å²) in [5.41, 5.74) is 2.65. The third-order valence-corrected chi connectivity index (χ3v) is 3.81. The van der Waals surface area contributed by atoms with Crippen molar-refractivity contribution in [2.75, 3.05) is 20.1 Å². The summed E-state index contributed by atoms with van der Waals surface area (Å²) in [6, 6.07) is 8.18. The van der Waals surface area contributed by atoms with Gasteiger partial charge in [0.1, 0.15) is 0 Å². The highest BCUT2D eigenvalue weighted by molar-refractivity contribution is 5.95. The van der Waals surface area contributed by atoms with Gasteiger partial charge in [-0.2, -0.15) is 0 Å². The zero-order valence-electron chi connectivity index (χ0n) is 12.7. The first-order valence-electron chi connectivity index (χ1n) is 7.47. The van der Waals surface area contributed by atoms with Gasteiger partial charge in [-0.15, -0.1) is 0 Å². The summed E-state index contributed by atoms with van der Waals surface area (Å²) in [4.78, 5) is 25.3. The van der Waals surface area contributed by atoms with Crippen LogP contribution in [0.1, 0.15) is 36.9 Å². The third-order valence-electron chi connectivity index (χ3n) is 3.81. The number of nitrogens with zero attached hydrogens (tertiary/aromatic N) is 1. The number of hydrogen-bond acceptors (Lipinski definition) is 3. The maximum atomic E-state index is 11.9. The molecule has 0 spiro atoms. The molecule has 0 saturated heterocycles. The Morgan fingerprint density at radius 1 is 1.33 bits per heavy atom. The molecule has 1 atom stereocenters. The number of imide groups is 1. The molecule has 1 aliphatic carbocycles. The highest BCUT2D eigenvalue weighted by Gasteiger charge is 2.26. The van der Waals surface area contributed by atoms with E-state index in [-0.39, 0.29) is 18.5 Å². The zero-order chi connectivity index (χ0) is 15.2. The van der Waals surface area contributed by atoms with Gasteiger partial charge < -0.3 is 5.32 Å². The molecule has 1 aliphatic rings. The lowest BCUT2D eigenvalue weighted by molar-refractivity contribution is -0.121. The molecule has 0 aliphatic heterocycles. The molecule has 1 aromatic carbocycles. The highest BCUT2D eigenvalue weighted by Crippen LogP contribution is 2.34. The Bertz CT molecular complexity index is 516. The quantitative estimate of drug-likeness (QED) is 0.869. The first kappa shape index (κ1) is 15.5. The summed E-state index contributed by atoms with van der Waals surface area (Å²) in [6.45, 7) is 2.76. The molecule has 2 rings (SSSR count). The molecule has 0 fully saturated rings. The topological polar surface area (TPSA) is 61.4 Å². The lowest BCUT2D eigenvalue weighted by atomic mass is 10.1. The number of rotatable bonds is 5. The number of likely N-dealkylation sites (N-methyl/N-ethyl adjacent to an activating group) is 1. The molecule has 0 saturated carbocycles. The van der Waals surface area contributed by atoms with Gasteiger partial charge in [-0.1, -0.05) is 31.2 Å². The second-order valence-electron chi connectivity index (χ2n) is 5.47. The first-order chi connectivity index (χ1) is 10.1. The average Bonchev–Trinajstić information content (AvgIpc) is 2.88. The van der Waals surface area contributed by atoms with E-state index in [1.165, 1.54) is 11.1 Å². The zero-order valence-corrected chi connectivity index (χ0v) is 12.7. The number of carbonyl (C=O) groups excluding carboxylic acids is 2. The van der Waals surface area contributed by atoms with E-state index in [9.17, 15) is 9.59 Å². The van der Waals surface area contributed by atoms with Gasteiger partial charge in [0.25, 0.3) is 0 Å². The smallest absolute Gasteiger partial charge is 0.321 e. The van der Waals surface area contributed by atoms with E-state index in [4.69, 9.17) is 0 Å². The second kappa shape index (κ2) is 7.22. The van der Waals surface area contributed by atoms with Crippen molar-refractivity contribution < 1.29 is 9.59 Å². The van der Waals surface area contributed by atoms with Crippen molar-refractivity contribution >= 4 is 11.9 Å². The van der Waals surface area contributed by atoms with Crippen LogP contribution < -0.4 is 10.6 Å². The molecule has 0 aromatic heterocycles. The van der Waals surface area contributed by atoms with Crippen molar-refractivity contribution in [2.24, 2.45) is 0 Å². The van der Waals surface area contributed by atoms with E-state index in [0.29, 0.717) is 6.54 Å². The molecule has 5 nitrogen and oxygen atoms in total. The van der Waals surface area contributed by atoms with Crippen molar-refractivity contribution in [1.29, 1.82) is 0 Å². The number of fused-ring (bicyclic) bond motifs is 1. The fourth-order valence-corrected chi connectivity index (χ4v) is 2.78. The second-order valence-corrected chi connectivity index (χ2v) is 5.47. The Morgan fingerprint density at radius 3 is 2.86 bits per heavy atom. The van der Waals surface area contributed by atoms with E-state index in [1.807, 2.05) is 31.0 Å². The summed E-state index contributed by atoms with van der Waals surface area (Å²) in [5, 5.41) is 4.99. The number of hydrogen-bond donors (Lipinski definition) is 2. The van der Waals surface area contributed by atoms with E-state index in [1.54, 1.807) is 0 Å². The number of nitrogens with one attached hydrogen (secondary N) is 2. The van der Waals surface area contributed by atoms with Crippen LogP contribution in [0.3, 0.4) is 0 Å². The molecule has 0 heterocycles. The minimum absolute atomic E-state index is 0.221. The number of benzene rings is 1. The standard InChI is InChI=1S/C16H23N3O2/c1-3-10-17-16(21)18-15(20)11-19(2)14-9-8-12-6-4-5-7-13(12)14/h4-7,14H,3,8-11H2,1-2H3,(H2,17,18,20,21)/t14-/m0/s1. The molecule has 5 heteroatoms. The third kappa shape index (κ3) is 4.04. The lowest BCUT2D eigenvalue weighted by Gasteiger charge is -2.24. The molecule has 1 aromatic rings. The van der Waals surface area contributed by atoms with Gasteiger partial charge in [-0.25, -0.2) is 4.79 Å². The Labute approximate surface area is 125 Å². The molecule has 0 bridgehead atoms. The van der Waals surface area contributed by atoms with Crippen LogP contribution in [-0.2, 0) is 11.2 Å². The van der Waals surface area contributed by atoms with E-state index >= 15 is 0 Å². The van der Waals surface area contributed by atoms with Crippen molar-refractivity contribution in [3.8, 4) is 0 Å². The molecule has 0 unspecified atom stereocenters. The molecular weight excluding hydrogens is 266 g/mol. The van der Waals surface area contributed by atoms with E-state index in [0.717, 1.165) is 19.3 Å². The summed E-state index contributed by atoms with van der Waals surface area (Å²) in [6.07, 6.45) is 2.91. The molecular formula is C16H23N3O2. The Hall–Kier alpha value is -1.88. The van der Waals surface area contributed by atoms with Crippen molar-refractivity contribution in [3.63, 3.8) is 0 Å². The SMILES string of the molecule is CCCNC(=O)NC(=O)CN(C)[C@H]1CCc2ccccc21. The molecule has 0 radical (unpaired) electrons. The van der Waals surface area contributed by atoms with Gasteiger partial charge in [-0.05, 0) is 37.4 Å². The van der Waals surface area contributed by atoms with E-state index in [2.05, 4.69) is 22.8 Å². The summed E-state index contributed by atoms with van der Waals surface area (Å²) >= 11 is 0. The largest absolute Gasteiger partial charge is 0.338 e. The van der Waals surface area contributed by atoms with Crippen molar-refractivity contribution in [2.45, 2.75) is 32.2 Å². The maximum absolute atomic E-state index is 11.9. The maximum Gasteiger partial charge on any atom is 0.321 e. The van der Waals surface area contributed by atoms with Gasteiger partial charge in [-0.3, -0.25) is 15.0 Å². The van der Waals surface area contributed by atoms with Gasteiger partial charge in [0, 0.05) is 12.6 Å². The highest BCUT2D eigenvalue weighted by atomic mass is 16.2. The molecule has 114 valence electrons. The Balaban J connectivity index is 1.86. The van der Waals surface area contributed by atoms with Crippen molar-refractivity contribution in [1.82, 2.24) is 15.5 Å². The predicted molar refractivity (Wildman–Crippen MR) is 82.0 cm³/mol. The monoisotopic (exact) mass is 289 g/mol. The van der Waals surface area contributed by atoms with Crippen LogP contribution >= 0.6 is 0 Å². The summed E-state index contributed by atoms with van der Waals surface area (Å²) < 4.78 is 0. The average molecular weight is 289 g/mol. The summed E-state index contributed by atoms with van der Waals surface area (Å²) in [7, 11) is 1.93. The van der Waals surface area contributed by atoms with Gasteiger partial charge in [0.05, 0.1) is 6.54 Å². The van der Waals surface area contributed by atoms with Crippen LogP contribution in [0.5, 0.6) is 0 Å². The van der Waals surface area contributed by atoms with Crippen LogP contribution in [0.25, 0.3) is 0 Å². The fraction of sp³-hybridized carbons (Fsp3) is 0.500. The minimum atomic E-state index is -0.415. The Kier molecular flexibility index (Phi) is 5.33. The molecule has 21 heavy (non-hydrogen) atoms. The summed E-state index contributed by atoms with van der Waals surface area (Å²) in [5.74, 6) is -0.268. The number of aryl methyl sites for hydroxylation is 1. The van der Waals surface area contributed by atoms with E-state index < -0.39 is 6.03 Å². The molecule has 2 N–H and O–H groups in total. The van der Waals surface area contributed by atoms with Crippen LogP contribution in [0.15, 0.2) is 24.3 Å². The van der Waals surface area contributed by atoms with Crippen LogP contribution in [0.2, 0.25) is 0 Å². The molecule has 3 amide bonds. The van der Waals surface area contributed by atoms with Crippen LogP contribution in [-0.4, -0.2) is 37.0 Å². The fourth-order valence-electron chi connectivity index (χ4n) is 2.78. The van der Waals surface area contributed by atoms with Crippen LogP contribution in [0, 0.1) is 0 Å². The van der Waals surface area contributed by atoms with Gasteiger partial charge in [0.2, 0.25) is 5.91 Å². The normalized spacial score (nSPS) is 16.6. The number of urea groups is 1. The predicted octanol–water partition coefficient (Wildman–Crippen LogP) is 1.84. The minimum Gasteiger partial charge on any atom is -0.338 e. The number of carbonyl (C=O) groups is 2. The van der Waals surface area contributed by atoms with Crippen LogP contribution in [0.4, 0.5) is 4.79 Å². The number of amides is 3. The lowest BCUT2D eigenvalue weighted by Crippen LogP contribution is -2.44. The Morgan fingerprint density at radius 2 is 2.10 bits per heavy atom. The van der Waals surface area contributed by atoms with Gasteiger partial charge >= 0.3 is 6.03 Å². The van der Waals surface area contributed by atoms with Crippen molar-refractivity contribution in [3.05, 3.63) is 35.4 Å². The first-order valence-corrected chi connectivity index (χ1v) is 7.47.